The third-order valence-electron chi connectivity index (χ3n) is 3.30. The molecule has 0 aromatic carbocycles. The second-order valence-corrected chi connectivity index (χ2v) is 5.76. The maximum atomic E-state index is 11.8. The monoisotopic (exact) mass is 303 g/mol. The van der Waals surface area contributed by atoms with Gasteiger partial charge in [0.15, 0.2) is 0 Å². The van der Waals surface area contributed by atoms with Crippen molar-refractivity contribution in [3.8, 4) is 0 Å². The second kappa shape index (κ2) is 7.78. The van der Waals surface area contributed by atoms with Crippen molar-refractivity contribution in [2.75, 3.05) is 18.0 Å². The third-order valence-corrected chi connectivity index (χ3v) is 4.18. The maximum Gasteiger partial charge on any atom is 0.225 e. The Hall–Kier alpha value is -1.88. The molecular formula is C16H21N3OS. The molecule has 0 spiro atoms. The number of hydrogen-bond acceptors (Lipinski definition) is 4. The zero-order valence-electron chi connectivity index (χ0n) is 12.5. The Kier molecular flexibility index (Phi) is 5.75. The van der Waals surface area contributed by atoms with Gasteiger partial charge < -0.3 is 10.2 Å². The van der Waals surface area contributed by atoms with E-state index < -0.39 is 0 Å². The van der Waals surface area contributed by atoms with Crippen molar-refractivity contribution < 1.29 is 4.79 Å². The first kappa shape index (κ1) is 15.5. The molecule has 0 radical (unpaired) electrons. The molecule has 112 valence electrons. The fourth-order valence-electron chi connectivity index (χ4n) is 2.09. The lowest BCUT2D eigenvalue weighted by Gasteiger charge is -2.19. The molecule has 2 rings (SSSR count). The quantitative estimate of drug-likeness (QED) is 0.855. The number of carbonyl (C=O) groups is 1. The van der Waals surface area contributed by atoms with Gasteiger partial charge in [-0.25, -0.2) is 4.98 Å². The highest BCUT2D eigenvalue weighted by molar-refractivity contribution is 7.10. The van der Waals surface area contributed by atoms with Crippen LogP contribution in [0.3, 0.4) is 0 Å². The number of amides is 1. The number of anilines is 1. The van der Waals surface area contributed by atoms with Gasteiger partial charge >= 0.3 is 0 Å². The Balaban J connectivity index is 1.84. The first-order chi connectivity index (χ1) is 10.2. The summed E-state index contributed by atoms with van der Waals surface area (Å²) in [5.74, 6) is 1.03. The first-order valence-electron chi connectivity index (χ1n) is 7.21. The topological polar surface area (TPSA) is 45.2 Å². The molecule has 0 saturated heterocycles. The lowest BCUT2D eigenvalue weighted by Crippen LogP contribution is -2.25. The average Bonchev–Trinajstić information content (AvgIpc) is 3.00. The summed E-state index contributed by atoms with van der Waals surface area (Å²) in [6, 6.07) is 7.97. The number of aromatic nitrogens is 1. The zero-order chi connectivity index (χ0) is 15.1. The Bertz CT molecular complexity index is 547. The van der Waals surface area contributed by atoms with Crippen LogP contribution in [0.1, 0.15) is 24.3 Å². The molecule has 5 heteroatoms. The van der Waals surface area contributed by atoms with Crippen molar-refractivity contribution in [3.63, 3.8) is 0 Å². The summed E-state index contributed by atoms with van der Waals surface area (Å²) in [6.45, 7) is 6.64. The predicted octanol–water partition coefficient (Wildman–Crippen LogP) is 2.85. The van der Waals surface area contributed by atoms with Gasteiger partial charge in [-0.2, -0.15) is 0 Å². The smallest absolute Gasteiger partial charge is 0.225 e. The number of rotatable bonds is 7. The van der Waals surface area contributed by atoms with E-state index in [2.05, 4.69) is 29.0 Å². The molecule has 0 atom stereocenters. The van der Waals surface area contributed by atoms with Crippen LogP contribution in [-0.4, -0.2) is 24.0 Å². The standard InChI is InChI=1S/C16H21N3OS/c1-3-19(4-2)15-8-7-13(11-17-15)12-18-16(20)10-14-6-5-9-21-14/h5-9,11H,3-4,10,12H2,1-2H3,(H,18,20). The summed E-state index contributed by atoms with van der Waals surface area (Å²) in [5, 5.41) is 4.91. The van der Waals surface area contributed by atoms with Gasteiger partial charge in [-0.3, -0.25) is 4.79 Å². The minimum atomic E-state index is 0.0465. The minimum Gasteiger partial charge on any atom is -0.357 e. The highest BCUT2D eigenvalue weighted by atomic mass is 32.1. The minimum absolute atomic E-state index is 0.0465. The van der Waals surface area contributed by atoms with Crippen LogP contribution >= 0.6 is 11.3 Å². The fourth-order valence-corrected chi connectivity index (χ4v) is 2.79. The van der Waals surface area contributed by atoms with Crippen LogP contribution in [0.15, 0.2) is 35.8 Å². The van der Waals surface area contributed by atoms with Gasteiger partial charge in [0.25, 0.3) is 0 Å². The van der Waals surface area contributed by atoms with Gasteiger partial charge in [-0.15, -0.1) is 11.3 Å². The summed E-state index contributed by atoms with van der Waals surface area (Å²) in [5.41, 5.74) is 1.02. The lowest BCUT2D eigenvalue weighted by atomic mass is 10.2. The normalized spacial score (nSPS) is 10.4. The van der Waals surface area contributed by atoms with Crippen molar-refractivity contribution >= 4 is 23.1 Å². The van der Waals surface area contributed by atoms with Crippen LogP contribution in [0.5, 0.6) is 0 Å². The molecule has 4 nitrogen and oxygen atoms in total. The van der Waals surface area contributed by atoms with Gasteiger partial charge in [-0.05, 0) is 36.9 Å². The Labute approximate surface area is 129 Å². The first-order valence-corrected chi connectivity index (χ1v) is 8.09. The summed E-state index contributed by atoms with van der Waals surface area (Å²) in [4.78, 5) is 19.5. The third kappa shape index (κ3) is 4.56. The molecule has 2 heterocycles. The molecule has 0 fully saturated rings. The summed E-state index contributed by atoms with van der Waals surface area (Å²) >= 11 is 1.60. The van der Waals surface area contributed by atoms with Gasteiger partial charge in [0.1, 0.15) is 5.82 Å². The molecule has 1 N–H and O–H groups in total. The zero-order valence-corrected chi connectivity index (χ0v) is 13.3. The number of hydrogen-bond donors (Lipinski definition) is 1. The Morgan fingerprint density at radius 3 is 2.67 bits per heavy atom. The molecule has 0 aliphatic rings. The molecule has 0 bridgehead atoms. The molecule has 0 unspecified atom stereocenters. The molecule has 2 aromatic heterocycles. The van der Waals surface area contributed by atoms with Crippen molar-refractivity contribution in [1.82, 2.24) is 10.3 Å². The van der Waals surface area contributed by atoms with Gasteiger partial charge in [0.05, 0.1) is 6.42 Å². The molecule has 0 aliphatic carbocycles. The van der Waals surface area contributed by atoms with Crippen LogP contribution in [0.2, 0.25) is 0 Å². The van der Waals surface area contributed by atoms with E-state index in [1.807, 2.05) is 35.8 Å². The number of pyridine rings is 1. The second-order valence-electron chi connectivity index (χ2n) is 4.73. The SMILES string of the molecule is CCN(CC)c1ccc(CNC(=O)Cc2cccs2)cn1. The van der Waals surface area contributed by atoms with Crippen molar-refractivity contribution in [1.29, 1.82) is 0 Å². The highest BCUT2D eigenvalue weighted by Crippen LogP contribution is 2.11. The summed E-state index contributed by atoms with van der Waals surface area (Å²) < 4.78 is 0. The number of carbonyl (C=O) groups excluding carboxylic acids is 1. The lowest BCUT2D eigenvalue weighted by molar-refractivity contribution is -0.120. The van der Waals surface area contributed by atoms with Crippen LogP contribution in [0, 0.1) is 0 Å². The summed E-state index contributed by atoms with van der Waals surface area (Å²) in [7, 11) is 0. The van der Waals surface area contributed by atoms with Crippen molar-refractivity contribution in [3.05, 3.63) is 46.3 Å². The van der Waals surface area contributed by atoms with Crippen molar-refractivity contribution in [2.45, 2.75) is 26.8 Å². The Morgan fingerprint density at radius 2 is 2.10 bits per heavy atom. The highest BCUT2D eigenvalue weighted by Gasteiger charge is 2.06. The van der Waals surface area contributed by atoms with Crippen LogP contribution in [-0.2, 0) is 17.8 Å². The van der Waals surface area contributed by atoms with Crippen molar-refractivity contribution in [2.24, 2.45) is 0 Å². The molecular weight excluding hydrogens is 282 g/mol. The van der Waals surface area contributed by atoms with E-state index in [0.717, 1.165) is 29.3 Å². The molecule has 0 saturated carbocycles. The molecule has 1 amide bonds. The van der Waals surface area contributed by atoms with E-state index in [4.69, 9.17) is 0 Å². The maximum absolute atomic E-state index is 11.8. The number of thiophene rings is 1. The van der Waals surface area contributed by atoms with Crippen LogP contribution in [0.4, 0.5) is 5.82 Å². The average molecular weight is 303 g/mol. The van der Waals surface area contributed by atoms with Gasteiger partial charge in [0, 0.05) is 30.7 Å². The number of nitrogens with one attached hydrogen (secondary N) is 1. The van der Waals surface area contributed by atoms with E-state index >= 15 is 0 Å². The fraction of sp³-hybridized carbons (Fsp3) is 0.375. The molecule has 2 aromatic rings. The Morgan fingerprint density at radius 1 is 1.29 bits per heavy atom. The van der Waals surface area contributed by atoms with E-state index in [1.165, 1.54) is 0 Å². The number of nitrogens with zero attached hydrogens (tertiary/aromatic N) is 2. The van der Waals surface area contributed by atoms with Crippen LogP contribution in [0.25, 0.3) is 0 Å². The van der Waals surface area contributed by atoms with E-state index in [-0.39, 0.29) is 5.91 Å². The molecule has 21 heavy (non-hydrogen) atoms. The van der Waals surface area contributed by atoms with Gasteiger partial charge in [0.2, 0.25) is 5.91 Å². The van der Waals surface area contributed by atoms with E-state index in [9.17, 15) is 4.79 Å². The predicted molar refractivity (Wildman–Crippen MR) is 87.7 cm³/mol. The summed E-state index contributed by atoms with van der Waals surface area (Å²) in [6.07, 6.45) is 2.28. The molecule has 0 aliphatic heterocycles. The van der Waals surface area contributed by atoms with E-state index in [1.54, 1.807) is 11.3 Å². The largest absolute Gasteiger partial charge is 0.357 e. The van der Waals surface area contributed by atoms with Crippen LogP contribution < -0.4 is 10.2 Å². The van der Waals surface area contributed by atoms with Gasteiger partial charge in [-0.1, -0.05) is 12.1 Å². The van der Waals surface area contributed by atoms with E-state index in [0.29, 0.717) is 13.0 Å².